The van der Waals surface area contributed by atoms with Gasteiger partial charge in [0.25, 0.3) is 0 Å². The van der Waals surface area contributed by atoms with Crippen molar-refractivity contribution in [2.45, 2.75) is 111 Å². The number of benzene rings is 1. The second kappa shape index (κ2) is 12.2. The number of unbranched alkanes of at least 4 members (excludes halogenated alkanes) is 9. The van der Waals surface area contributed by atoms with E-state index in [9.17, 15) is 0 Å². The fourth-order valence-corrected chi connectivity index (χ4v) is 3.78. The van der Waals surface area contributed by atoms with Gasteiger partial charge in [0, 0.05) is 18.2 Å². The SMILES string of the molecule is CCCCCCCCCCCCOc1ccc2c(c1)N(C(C)C)[C]N2C(C)C. The molecule has 1 aromatic carbocycles. The third-order valence-electron chi connectivity index (χ3n) is 5.48. The summed E-state index contributed by atoms with van der Waals surface area (Å²) in [6.45, 7) is 15.4. The molecule has 0 fully saturated rings. The Morgan fingerprint density at radius 3 is 1.86 bits per heavy atom. The van der Waals surface area contributed by atoms with Crippen molar-refractivity contribution in [2.75, 3.05) is 16.4 Å². The Morgan fingerprint density at radius 1 is 0.750 bits per heavy atom. The van der Waals surface area contributed by atoms with Crippen LogP contribution >= 0.6 is 0 Å². The molecule has 0 aromatic heterocycles. The smallest absolute Gasteiger partial charge is 0.209 e. The molecular formula is C25H42N2O. The van der Waals surface area contributed by atoms with E-state index in [1.165, 1.54) is 69.2 Å². The zero-order valence-corrected chi connectivity index (χ0v) is 19.0. The van der Waals surface area contributed by atoms with Crippen LogP contribution in [-0.2, 0) is 0 Å². The highest BCUT2D eigenvalue weighted by Crippen LogP contribution is 2.42. The van der Waals surface area contributed by atoms with Crippen LogP contribution in [0, 0.1) is 6.67 Å². The topological polar surface area (TPSA) is 15.7 Å². The lowest BCUT2D eigenvalue weighted by Gasteiger charge is -2.24. The summed E-state index contributed by atoms with van der Waals surface area (Å²) < 4.78 is 6.05. The molecule has 0 N–H and O–H groups in total. The molecule has 28 heavy (non-hydrogen) atoms. The number of hydrogen-bond acceptors (Lipinski definition) is 3. The molecule has 0 bridgehead atoms. The van der Waals surface area contributed by atoms with Gasteiger partial charge in [0.2, 0.25) is 6.67 Å². The average molecular weight is 387 g/mol. The van der Waals surface area contributed by atoms with E-state index in [-0.39, 0.29) is 0 Å². The first-order chi connectivity index (χ1) is 13.5. The summed E-state index contributed by atoms with van der Waals surface area (Å²) in [5.41, 5.74) is 2.44. The van der Waals surface area contributed by atoms with Crippen molar-refractivity contribution in [1.82, 2.24) is 0 Å². The quantitative estimate of drug-likeness (QED) is 0.309. The second-order valence-electron chi connectivity index (χ2n) is 8.71. The lowest BCUT2D eigenvalue weighted by Crippen LogP contribution is -2.33. The first-order valence-corrected chi connectivity index (χ1v) is 11.7. The zero-order chi connectivity index (χ0) is 20.4. The van der Waals surface area contributed by atoms with Crippen LogP contribution < -0.4 is 14.5 Å². The summed E-state index contributed by atoms with van der Waals surface area (Å²) in [5, 5.41) is 0. The number of ether oxygens (including phenoxy) is 1. The molecule has 1 aliphatic rings. The lowest BCUT2D eigenvalue weighted by molar-refractivity contribution is 0.304. The average Bonchev–Trinajstić information content (AvgIpc) is 3.05. The number of rotatable bonds is 14. The molecule has 2 radical (unpaired) electrons. The molecular weight excluding hydrogens is 344 g/mol. The summed E-state index contributed by atoms with van der Waals surface area (Å²) in [4.78, 5) is 4.45. The van der Waals surface area contributed by atoms with Gasteiger partial charge in [-0.05, 0) is 46.2 Å². The largest absolute Gasteiger partial charge is 0.494 e. The number of fused-ring (bicyclic) bond motifs is 1. The van der Waals surface area contributed by atoms with Crippen LogP contribution in [0.2, 0.25) is 0 Å². The van der Waals surface area contributed by atoms with E-state index in [0.29, 0.717) is 12.1 Å². The van der Waals surface area contributed by atoms with E-state index in [2.05, 4.69) is 69.3 Å². The van der Waals surface area contributed by atoms with Crippen LogP contribution in [0.15, 0.2) is 18.2 Å². The van der Waals surface area contributed by atoms with E-state index in [0.717, 1.165) is 18.8 Å². The molecule has 0 unspecified atom stereocenters. The molecule has 1 aliphatic heterocycles. The van der Waals surface area contributed by atoms with Crippen molar-refractivity contribution in [1.29, 1.82) is 0 Å². The van der Waals surface area contributed by atoms with Crippen molar-refractivity contribution >= 4 is 11.4 Å². The Balaban J connectivity index is 1.68. The molecule has 2 rings (SSSR count). The van der Waals surface area contributed by atoms with Gasteiger partial charge >= 0.3 is 0 Å². The third-order valence-corrected chi connectivity index (χ3v) is 5.48. The molecule has 0 spiro atoms. The molecule has 0 amide bonds. The highest BCUT2D eigenvalue weighted by atomic mass is 16.5. The van der Waals surface area contributed by atoms with Crippen molar-refractivity contribution < 1.29 is 4.74 Å². The number of anilines is 2. The Morgan fingerprint density at radius 2 is 1.29 bits per heavy atom. The number of hydrogen-bond donors (Lipinski definition) is 0. The van der Waals surface area contributed by atoms with Gasteiger partial charge in [-0.2, -0.15) is 0 Å². The maximum atomic E-state index is 6.05. The fraction of sp³-hybridized carbons (Fsp3) is 0.720. The van der Waals surface area contributed by atoms with E-state index < -0.39 is 0 Å². The van der Waals surface area contributed by atoms with Gasteiger partial charge in [0.1, 0.15) is 5.75 Å². The summed E-state index contributed by atoms with van der Waals surface area (Å²) >= 11 is 0. The minimum Gasteiger partial charge on any atom is -0.494 e. The summed E-state index contributed by atoms with van der Waals surface area (Å²) in [6, 6.07) is 7.26. The molecule has 1 heterocycles. The van der Waals surface area contributed by atoms with Crippen molar-refractivity contribution in [3.8, 4) is 5.75 Å². The molecule has 0 saturated heterocycles. The minimum absolute atomic E-state index is 0.389. The fourth-order valence-electron chi connectivity index (χ4n) is 3.78. The van der Waals surface area contributed by atoms with Crippen LogP contribution in [0.25, 0.3) is 0 Å². The van der Waals surface area contributed by atoms with Crippen LogP contribution in [0.5, 0.6) is 5.75 Å². The van der Waals surface area contributed by atoms with Gasteiger partial charge in [-0.3, -0.25) is 0 Å². The Kier molecular flexibility index (Phi) is 10.0. The van der Waals surface area contributed by atoms with Crippen LogP contribution in [0.1, 0.15) is 98.8 Å². The van der Waals surface area contributed by atoms with Crippen LogP contribution in [0.4, 0.5) is 11.4 Å². The minimum atomic E-state index is 0.389. The highest BCUT2D eigenvalue weighted by Gasteiger charge is 2.31. The normalized spacial score (nSPS) is 13.7. The standard InChI is InChI=1S/C25H42N2O/c1-6-7-8-9-10-11-12-13-14-15-18-28-23-16-17-24-25(19-23)27(22(4)5)20-26(24)21(2)3/h16-17,19,21-22H,6-15,18H2,1-5H3. The second-order valence-corrected chi connectivity index (χ2v) is 8.71. The zero-order valence-electron chi connectivity index (χ0n) is 19.0. The lowest BCUT2D eigenvalue weighted by atomic mass is 10.1. The van der Waals surface area contributed by atoms with E-state index in [1.54, 1.807) is 0 Å². The maximum Gasteiger partial charge on any atom is 0.209 e. The Hall–Kier alpha value is -1.38. The van der Waals surface area contributed by atoms with Gasteiger partial charge in [-0.15, -0.1) is 0 Å². The first kappa shape index (κ1) is 22.9. The third kappa shape index (κ3) is 6.90. The van der Waals surface area contributed by atoms with Crippen molar-refractivity contribution in [3.63, 3.8) is 0 Å². The molecule has 3 nitrogen and oxygen atoms in total. The highest BCUT2D eigenvalue weighted by molar-refractivity contribution is 5.80. The maximum absolute atomic E-state index is 6.05. The van der Waals surface area contributed by atoms with Gasteiger partial charge in [0.05, 0.1) is 18.0 Å². The van der Waals surface area contributed by atoms with E-state index >= 15 is 0 Å². The van der Waals surface area contributed by atoms with Gasteiger partial charge < -0.3 is 14.5 Å². The Labute approximate surface area is 174 Å². The van der Waals surface area contributed by atoms with Gasteiger partial charge in [-0.1, -0.05) is 64.7 Å². The van der Waals surface area contributed by atoms with Crippen LogP contribution in [0.3, 0.4) is 0 Å². The molecule has 0 atom stereocenters. The summed E-state index contributed by atoms with van der Waals surface area (Å²) in [5.74, 6) is 0.979. The van der Waals surface area contributed by atoms with E-state index in [4.69, 9.17) is 4.74 Å². The summed E-state index contributed by atoms with van der Waals surface area (Å²) in [7, 11) is 0. The molecule has 0 saturated carbocycles. The Bertz CT molecular complexity index is 555. The van der Waals surface area contributed by atoms with Crippen LogP contribution in [-0.4, -0.2) is 18.7 Å². The monoisotopic (exact) mass is 386 g/mol. The summed E-state index contributed by atoms with van der Waals surface area (Å²) in [6.07, 6.45) is 13.6. The van der Waals surface area contributed by atoms with Gasteiger partial charge in [-0.25, -0.2) is 0 Å². The molecule has 0 aliphatic carbocycles. The van der Waals surface area contributed by atoms with Crippen molar-refractivity contribution in [3.05, 3.63) is 24.9 Å². The van der Waals surface area contributed by atoms with E-state index in [1.807, 2.05) is 0 Å². The molecule has 3 heteroatoms. The molecule has 1 aromatic rings. The molecule has 158 valence electrons. The van der Waals surface area contributed by atoms with Gasteiger partial charge in [0.15, 0.2) is 0 Å². The first-order valence-electron chi connectivity index (χ1n) is 11.7. The predicted molar refractivity (Wildman–Crippen MR) is 122 cm³/mol. The number of nitrogens with zero attached hydrogens (tertiary/aromatic N) is 2. The van der Waals surface area contributed by atoms with Crippen molar-refractivity contribution in [2.24, 2.45) is 0 Å². The predicted octanol–water partition coefficient (Wildman–Crippen LogP) is 7.43.